The van der Waals surface area contributed by atoms with Crippen molar-refractivity contribution in [2.75, 3.05) is 13.7 Å². The van der Waals surface area contributed by atoms with Crippen LogP contribution < -0.4 is 9.47 Å². The van der Waals surface area contributed by atoms with Crippen LogP contribution in [0.15, 0.2) is 18.2 Å². The molecule has 0 amide bonds. The number of ether oxygens (including phenoxy) is 2. The lowest BCUT2D eigenvalue weighted by atomic mass is 10.3. The highest BCUT2D eigenvalue weighted by molar-refractivity contribution is 5.35. The van der Waals surface area contributed by atoms with Crippen molar-refractivity contribution in [3.63, 3.8) is 0 Å². The second-order valence-electron chi connectivity index (χ2n) is 3.53. The number of hydrogen-bond acceptors (Lipinski definition) is 2. The minimum atomic E-state index is -0.407. The summed E-state index contributed by atoms with van der Waals surface area (Å²) in [5.74, 6) is 0.741. The van der Waals surface area contributed by atoms with E-state index < -0.39 is 5.82 Å². The van der Waals surface area contributed by atoms with Gasteiger partial charge in [-0.2, -0.15) is 4.39 Å². The molecule has 0 heterocycles. The average Bonchev–Trinajstić information content (AvgIpc) is 3.00. The zero-order chi connectivity index (χ0) is 9.97. The topological polar surface area (TPSA) is 18.5 Å². The zero-order valence-electron chi connectivity index (χ0n) is 8.13. The molecule has 1 saturated carbocycles. The number of rotatable bonds is 4. The van der Waals surface area contributed by atoms with Gasteiger partial charge >= 0.3 is 0 Å². The molecule has 2 nitrogen and oxygen atoms in total. The molecule has 1 fully saturated rings. The SMILES string of the molecule is COc1cccc(OCC2CC2)c1F. The van der Waals surface area contributed by atoms with Gasteiger partial charge in [0.1, 0.15) is 0 Å². The molecule has 1 aliphatic rings. The van der Waals surface area contributed by atoms with Gasteiger partial charge in [-0.25, -0.2) is 0 Å². The second kappa shape index (κ2) is 3.86. The molecule has 2 rings (SSSR count). The van der Waals surface area contributed by atoms with Gasteiger partial charge < -0.3 is 9.47 Å². The van der Waals surface area contributed by atoms with E-state index in [1.165, 1.54) is 20.0 Å². The third kappa shape index (κ3) is 1.97. The Morgan fingerprint density at radius 1 is 1.36 bits per heavy atom. The van der Waals surface area contributed by atoms with Gasteiger partial charge in [-0.15, -0.1) is 0 Å². The van der Waals surface area contributed by atoms with Crippen molar-refractivity contribution in [2.24, 2.45) is 5.92 Å². The van der Waals surface area contributed by atoms with E-state index in [4.69, 9.17) is 9.47 Å². The van der Waals surface area contributed by atoms with Crippen LogP contribution >= 0.6 is 0 Å². The van der Waals surface area contributed by atoms with Crippen LogP contribution in [0.1, 0.15) is 12.8 Å². The van der Waals surface area contributed by atoms with Crippen molar-refractivity contribution in [1.82, 2.24) is 0 Å². The quantitative estimate of drug-likeness (QED) is 0.737. The summed E-state index contributed by atoms with van der Waals surface area (Å²) in [5.41, 5.74) is 0. The summed E-state index contributed by atoms with van der Waals surface area (Å²) in [7, 11) is 1.45. The van der Waals surface area contributed by atoms with Crippen LogP contribution in [-0.2, 0) is 0 Å². The molecule has 3 heteroatoms. The molecule has 0 aromatic heterocycles. The van der Waals surface area contributed by atoms with E-state index in [-0.39, 0.29) is 11.5 Å². The summed E-state index contributed by atoms with van der Waals surface area (Å²) < 4.78 is 23.7. The summed E-state index contributed by atoms with van der Waals surface area (Å²) in [5, 5.41) is 0. The molecule has 0 radical (unpaired) electrons. The molecule has 0 unspecified atom stereocenters. The van der Waals surface area contributed by atoms with Crippen molar-refractivity contribution >= 4 is 0 Å². The second-order valence-corrected chi connectivity index (χ2v) is 3.53. The Labute approximate surface area is 82.6 Å². The molecule has 14 heavy (non-hydrogen) atoms. The first-order valence-corrected chi connectivity index (χ1v) is 4.76. The molecule has 0 saturated heterocycles. The van der Waals surface area contributed by atoms with E-state index in [9.17, 15) is 4.39 Å². The first-order chi connectivity index (χ1) is 6.81. The predicted octanol–water partition coefficient (Wildman–Crippen LogP) is 2.62. The largest absolute Gasteiger partial charge is 0.494 e. The van der Waals surface area contributed by atoms with Crippen LogP contribution in [0.2, 0.25) is 0 Å². The first-order valence-electron chi connectivity index (χ1n) is 4.76. The van der Waals surface area contributed by atoms with Gasteiger partial charge in [-0.05, 0) is 30.9 Å². The Kier molecular flexibility index (Phi) is 2.57. The summed E-state index contributed by atoms with van der Waals surface area (Å²) in [6.45, 7) is 0.615. The maximum Gasteiger partial charge on any atom is 0.206 e. The smallest absolute Gasteiger partial charge is 0.206 e. The Balaban J connectivity index is 2.06. The summed E-state index contributed by atoms with van der Waals surface area (Å²) in [6, 6.07) is 4.93. The molecule has 0 atom stereocenters. The number of benzene rings is 1. The molecule has 0 spiro atoms. The van der Waals surface area contributed by atoms with Gasteiger partial charge in [0.15, 0.2) is 11.5 Å². The van der Waals surface area contributed by atoms with Crippen LogP contribution in [-0.4, -0.2) is 13.7 Å². The highest BCUT2D eigenvalue weighted by Crippen LogP contribution is 2.31. The van der Waals surface area contributed by atoms with Crippen molar-refractivity contribution in [1.29, 1.82) is 0 Å². The minimum absolute atomic E-state index is 0.235. The Bertz CT molecular complexity index is 321. The van der Waals surface area contributed by atoms with Gasteiger partial charge in [-0.3, -0.25) is 0 Å². The van der Waals surface area contributed by atoms with E-state index in [0.717, 1.165) is 0 Å². The van der Waals surface area contributed by atoms with E-state index in [1.54, 1.807) is 18.2 Å². The molecule has 0 aliphatic heterocycles. The third-order valence-electron chi connectivity index (χ3n) is 2.32. The molecule has 76 valence electrons. The van der Waals surface area contributed by atoms with Crippen molar-refractivity contribution in [3.8, 4) is 11.5 Å². The van der Waals surface area contributed by atoms with Crippen LogP contribution in [0.25, 0.3) is 0 Å². The van der Waals surface area contributed by atoms with Gasteiger partial charge in [0.2, 0.25) is 5.82 Å². The van der Waals surface area contributed by atoms with Gasteiger partial charge in [0.25, 0.3) is 0 Å². The van der Waals surface area contributed by atoms with E-state index >= 15 is 0 Å². The Hall–Kier alpha value is -1.25. The number of methoxy groups -OCH3 is 1. The average molecular weight is 196 g/mol. The fraction of sp³-hybridized carbons (Fsp3) is 0.455. The van der Waals surface area contributed by atoms with Gasteiger partial charge in [-0.1, -0.05) is 6.07 Å². The Morgan fingerprint density at radius 2 is 2.07 bits per heavy atom. The number of halogens is 1. The van der Waals surface area contributed by atoms with Crippen LogP contribution in [0.3, 0.4) is 0 Å². The van der Waals surface area contributed by atoms with Crippen LogP contribution in [0.4, 0.5) is 4.39 Å². The highest BCUT2D eigenvalue weighted by atomic mass is 19.1. The van der Waals surface area contributed by atoms with E-state index in [1.807, 2.05) is 0 Å². The molecule has 0 bridgehead atoms. The molecular weight excluding hydrogens is 183 g/mol. The lowest BCUT2D eigenvalue weighted by Gasteiger charge is -2.08. The summed E-state index contributed by atoms with van der Waals surface area (Å²) in [6.07, 6.45) is 2.40. The molecule has 1 aliphatic carbocycles. The Morgan fingerprint density at radius 3 is 2.71 bits per heavy atom. The third-order valence-corrected chi connectivity index (χ3v) is 2.32. The lowest BCUT2D eigenvalue weighted by molar-refractivity contribution is 0.278. The van der Waals surface area contributed by atoms with Crippen molar-refractivity contribution in [3.05, 3.63) is 24.0 Å². The van der Waals surface area contributed by atoms with Crippen molar-refractivity contribution in [2.45, 2.75) is 12.8 Å². The monoisotopic (exact) mass is 196 g/mol. The zero-order valence-corrected chi connectivity index (χ0v) is 8.13. The summed E-state index contributed by atoms with van der Waals surface area (Å²) in [4.78, 5) is 0. The molecule has 1 aromatic carbocycles. The van der Waals surface area contributed by atoms with Crippen molar-refractivity contribution < 1.29 is 13.9 Å². The van der Waals surface area contributed by atoms with Gasteiger partial charge in [0, 0.05) is 0 Å². The first kappa shape index (κ1) is 9.31. The lowest BCUT2D eigenvalue weighted by Crippen LogP contribution is -2.01. The maximum atomic E-state index is 13.5. The fourth-order valence-corrected chi connectivity index (χ4v) is 1.25. The molecular formula is C11H13FO2. The fourth-order valence-electron chi connectivity index (χ4n) is 1.25. The van der Waals surface area contributed by atoms with E-state index in [0.29, 0.717) is 12.5 Å². The predicted molar refractivity (Wildman–Crippen MR) is 51.2 cm³/mol. The minimum Gasteiger partial charge on any atom is -0.494 e. The summed E-state index contributed by atoms with van der Waals surface area (Å²) >= 11 is 0. The van der Waals surface area contributed by atoms with E-state index in [2.05, 4.69) is 0 Å². The van der Waals surface area contributed by atoms with Crippen LogP contribution in [0.5, 0.6) is 11.5 Å². The van der Waals surface area contributed by atoms with Crippen LogP contribution in [0, 0.1) is 11.7 Å². The molecule has 1 aromatic rings. The van der Waals surface area contributed by atoms with Gasteiger partial charge in [0.05, 0.1) is 13.7 Å². The maximum absolute atomic E-state index is 13.5. The molecule has 0 N–H and O–H groups in total. The standard InChI is InChI=1S/C11H13FO2/c1-13-9-3-2-4-10(11(9)12)14-7-8-5-6-8/h2-4,8H,5-7H2,1H3. The normalized spacial score (nSPS) is 15.3. The highest BCUT2D eigenvalue weighted by Gasteiger charge is 2.22. The number of hydrogen-bond donors (Lipinski definition) is 0.